The van der Waals surface area contributed by atoms with E-state index in [1.807, 2.05) is 67.5 Å². The number of thioether (sulfide) groups is 1. The highest BCUT2D eigenvalue weighted by Gasteiger charge is 2.32. The zero-order valence-corrected chi connectivity index (χ0v) is 14.8. The fraction of sp³-hybridized carbons (Fsp3) is 0.222. The summed E-state index contributed by atoms with van der Waals surface area (Å²) in [5, 5.41) is 12.4. The summed E-state index contributed by atoms with van der Waals surface area (Å²) in [6.07, 6.45) is 0.714. The molecule has 0 unspecified atom stereocenters. The molecule has 3 aromatic rings. The van der Waals surface area contributed by atoms with Crippen molar-refractivity contribution in [2.75, 3.05) is 19.0 Å². The van der Waals surface area contributed by atoms with Crippen molar-refractivity contribution in [2.24, 2.45) is 0 Å². The predicted octanol–water partition coefficient (Wildman–Crippen LogP) is 2.63. The first-order chi connectivity index (χ1) is 12.1. The molecule has 0 saturated heterocycles. The van der Waals surface area contributed by atoms with Gasteiger partial charge in [-0.15, -0.1) is 5.10 Å². The summed E-state index contributed by atoms with van der Waals surface area (Å²) < 4.78 is 1.68. The molecule has 7 heteroatoms. The van der Waals surface area contributed by atoms with E-state index in [0.29, 0.717) is 11.6 Å². The Bertz CT molecular complexity index is 919. The molecule has 0 saturated carbocycles. The van der Waals surface area contributed by atoms with Gasteiger partial charge in [-0.2, -0.15) is 4.68 Å². The molecule has 0 spiro atoms. The molecule has 0 bridgehead atoms. The fourth-order valence-electron chi connectivity index (χ4n) is 2.93. The molecule has 1 aliphatic rings. The van der Waals surface area contributed by atoms with Crippen molar-refractivity contribution in [2.45, 2.75) is 16.8 Å². The van der Waals surface area contributed by atoms with Crippen LogP contribution in [0.25, 0.3) is 5.69 Å². The van der Waals surface area contributed by atoms with Crippen molar-refractivity contribution >= 4 is 23.2 Å². The minimum Gasteiger partial charge on any atom is -0.378 e. The van der Waals surface area contributed by atoms with Crippen LogP contribution in [0.4, 0.5) is 5.69 Å². The van der Waals surface area contributed by atoms with Gasteiger partial charge in [0.2, 0.25) is 5.16 Å². The van der Waals surface area contributed by atoms with Crippen LogP contribution in [0.1, 0.15) is 15.9 Å². The molecule has 4 rings (SSSR count). The summed E-state index contributed by atoms with van der Waals surface area (Å²) in [5.74, 6) is 0.151. The molecule has 2 aromatic carbocycles. The van der Waals surface area contributed by atoms with E-state index in [2.05, 4.69) is 15.5 Å². The number of ketones is 1. The molecule has 1 aromatic heterocycles. The third kappa shape index (κ3) is 2.91. The van der Waals surface area contributed by atoms with Crippen molar-refractivity contribution in [1.29, 1.82) is 0 Å². The average Bonchev–Trinajstić information content (AvgIpc) is 3.21. The van der Waals surface area contributed by atoms with Crippen LogP contribution in [-0.4, -0.2) is 45.3 Å². The SMILES string of the molecule is CN(C)c1ccc(-n2nnnc2S[C@@H]2Cc3ccccc3C2=O)cc1. The minimum atomic E-state index is -0.178. The van der Waals surface area contributed by atoms with Gasteiger partial charge in [-0.3, -0.25) is 4.79 Å². The third-order valence-corrected chi connectivity index (χ3v) is 5.41. The molecule has 1 atom stereocenters. The summed E-state index contributed by atoms with van der Waals surface area (Å²) >= 11 is 1.42. The number of carbonyl (C=O) groups excluding carboxylic acids is 1. The number of hydrogen-bond donors (Lipinski definition) is 0. The second kappa shape index (κ2) is 6.33. The van der Waals surface area contributed by atoms with Gasteiger partial charge in [-0.1, -0.05) is 36.0 Å². The number of carbonyl (C=O) groups is 1. The molecule has 0 N–H and O–H groups in total. The van der Waals surface area contributed by atoms with Crippen molar-refractivity contribution < 1.29 is 4.79 Å². The van der Waals surface area contributed by atoms with Gasteiger partial charge >= 0.3 is 0 Å². The number of tetrazole rings is 1. The van der Waals surface area contributed by atoms with Gasteiger partial charge < -0.3 is 4.90 Å². The summed E-state index contributed by atoms with van der Waals surface area (Å²) in [7, 11) is 3.99. The van der Waals surface area contributed by atoms with E-state index >= 15 is 0 Å². The predicted molar refractivity (Wildman–Crippen MR) is 97.6 cm³/mol. The van der Waals surface area contributed by atoms with Gasteiger partial charge in [0.25, 0.3) is 0 Å². The van der Waals surface area contributed by atoms with Gasteiger partial charge in [-0.25, -0.2) is 0 Å². The standard InChI is InChI=1S/C18H17N5OS/c1-22(2)13-7-9-14(10-8-13)23-18(19-20-21-23)25-16-11-12-5-3-4-6-15(12)17(16)24/h3-10,16H,11H2,1-2H3/t16-/m1/s1. The first kappa shape index (κ1) is 15.8. The van der Waals surface area contributed by atoms with Gasteiger partial charge in [-0.05, 0) is 46.7 Å². The maximum Gasteiger partial charge on any atom is 0.214 e. The van der Waals surface area contributed by atoms with Crippen molar-refractivity contribution in [3.63, 3.8) is 0 Å². The Morgan fingerprint density at radius 2 is 1.88 bits per heavy atom. The number of benzene rings is 2. The van der Waals surface area contributed by atoms with E-state index in [-0.39, 0.29) is 11.0 Å². The van der Waals surface area contributed by atoms with Gasteiger partial charge in [0.15, 0.2) is 5.78 Å². The smallest absolute Gasteiger partial charge is 0.214 e. The van der Waals surface area contributed by atoms with Crippen LogP contribution in [0.3, 0.4) is 0 Å². The van der Waals surface area contributed by atoms with Gasteiger partial charge in [0.05, 0.1) is 10.9 Å². The summed E-state index contributed by atoms with van der Waals surface area (Å²) in [6, 6.07) is 15.7. The van der Waals surface area contributed by atoms with Crippen molar-refractivity contribution in [1.82, 2.24) is 20.2 Å². The van der Waals surface area contributed by atoms with E-state index in [1.54, 1.807) is 4.68 Å². The second-order valence-corrected chi connectivity index (χ2v) is 7.29. The Labute approximate surface area is 149 Å². The van der Waals surface area contributed by atoms with Crippen LogP contribution >= 0.6 is 11.8 Å². The van der Waals surface area contributed by atoms with E-state index in [1.165, 1.54) is 11.8 Å². The molecule has 0 amide bonds. The molecule has 126 valence electrons. The van der Waals surface area contributed by atoms with Crippen LogP contribution in [0, 0.1) is 0 Å². The largest absolute Gasteiger partial charge is 0.378 e. The average molecular weight is 351 g/mol. The van der Waals surface area contributed by atoms with Gasteiger partial charge in [0.1, 0.15) is 0 Å². The zero-order chi connectivity index (χ0) is 17.4. The van der Waals surface area contributed by atoms with Crippen molar-refractivity contribution in [3.05, 3.63) is 59.7 Å². The number of nitrogens with zero attached hydrogens (tertiary/aromatic N) is 5. The summed E-state index contributed by atoms with van der Waals surface area (Å²) in [4.78, 5) is 14.6. The molecule has 1 aliphatic carbocycles. The normalized spacial score (nSPS) is 16.1. The molecule has 0 aliphatic heterocycles. The Hall–Kier alpha value is -2.67. The lowest BCUT2D eigenvalue weighted by Gasteiger charge is -2.13. The highest BCUT2D eigenvalue weighted by molar-refractivity contribution is 8.00. The summed E-state index contributed by atoms with van der Waals surface area (Å²) in [5.41, 5.74) is 3.89. The highest BCUT2D eigenvalue weighted by Crippen LogP contribution is 2.34. The second-order valence-electron chi connectivity index (χ2n) is 6.12. The molecule has 0 radical (unpaired) electrons. The van der Waals surface area contributed by atoms with Crippen LogP contribution in [0.5, 0.6) is 0 Å². The Morgan fingerprint density at radius 3 is 2.60 bits per heavy atom. The number of aromatic nitrogens is 4. The van der Waals surface area contributed by atoms with Crippen LogP contribution < -0.4 is 4.90 Å². The van der Waals surface area contributed by atoms with E-state index < -0.39 is 0 Å². The number of fused-ring (bicyclic) bond motifs is 1. The van der Waals surface area contributed by atoms with Crippen LogP contribution in [-0.2, 0) is 6.42 Å². The highest BCUT2D eigenvalue weighted by atomic mass is 32.2. The molecule has 25 heavy (non-hydrogen) atoms. The lowest BCUT2D eigenvalue weighted by Crippen LogP contribution is -2.13. The quantitative estimate of drug-likeness (QED) is 0.720. The maximum atomic E-state index is 12.6. The maximum absolute atomic E-state index is 12.6. The molecule has 0 fully saturated rings. The van der Waals surface area contributed by atoms with Crippen LogP contribution in [0.2, 0.25) is 0 Å². The third-order valence-electron chi connectivity index (χ3n) is 4.28. The molecule has 1 heterocycles. The minimum absolute atomic E-state index is 0.151. The number of anilines is 1. The van der Waals surface area contributed by atoms with Gasteiger partial charge in [0, 0.05) is 25.3 Å². The van der Waals surface area contributed by atoms with E-state index in [0.717, 1.165) is 22.5 Å². The lowest BCUT2D eigenvalue weighted by atomic mass is 10.1. The molecule has 6 nitrogen and oxygen atoms in total. The first-order valence-electron chi connectivity index (χ1n) is 7.98. The first-order valence-corrected chi connectivity index (χ1v) is 8.86. The Kier molecular flexibility index (Phi) is 4.01. The number of Topliss-reactive ketones (excluding diaryl/α,β-unsaturated/α-hetero) is 1. The number of rotatable bonds is 4. The summed E-state index contributed by atoms with van der Waals surface area (Å²) in [6.45, 7) is 0. The molecular formula is C18H17N5OS. The zero-order valence-electron chi connectivity index (χ0n) is 14.0. The van der Waals surface area contributed by atoms with Crippen molar-refractivity contribution in [3.8, 4) is 5.69 Å². The Morgan fingerprint density at radius 1 is 1.12 bits per heavy atom. The fourth-order valence-corrected chi connectivity index (χ4v) is 4.01. The topological polar surface area (TPSA) is 63.9 Å². The Balaban J connectivity index is 1.58. The number of hydrogen-bond acceptors (Lipinski definition) is 6. The lowest BCUT2D eigenvalue weighted by molar-refractivity contribution is 0.1000. The molecular weight excluding hydrogens is 334 g/mol. The van der Waals surface area contributed by atoms with E-state index in [4.69, 9.17) is 0 Å². The monoisotopic (exact) mass is 351 g/mol. The van der Waals surface area contributed by atoms with E-state index in [9.17, 15) is 4.79 Å². The van der Waals surface area contributed by atoms with Crippen LogP contribution in [0.15, 0.2) is 53.7 Å².